The zero-order valence-electron chi connectivity index (χ0n) is 6.97. The van der Waals surface area contributed by atoms with Crippen LogP contribution in [0.25, 0.3) is 6.08 Å². The van der Waals surface area contributed by atoms with E-state index >= 15 is 0 Å². The Balaban J connectivity index is 2.92. The molecule has 0 aliphatic carbocycles. The molecule has 0 heterocycles. The SMILES string of the molecule is C=Cc1ccc(C(=O)C(O)O)cc1. The minimum absolute atomic E-state index is 0.278. The highest BCUT2D eigenvalue weighted by Crippen LogP contribution is 2.07. The molecular weight excluding hydrogens is 168 g/mol. The van der Waals surface area contributed by atoms with Crippen LogP contribution in [-0.2, 0) is 0 Å². The predicted octanol–water partition coefficient (Wildman–Crippen LogP) is 0.823. The monoisotopic (exact) mass is 178 g/mol. The highest BCUT2D eigenvalue weighted by atomic mass is 16.5. The molecule has 68 valence electrons. The molecule has 1 aromatic carbocycles. The molecule has 13 heavy (non-hydrogen) atoms. The van der Waals surface area contributed by atoms with Crippen molar-refractivity contribution in [2.75, 3.05) is 0 Å². The maximum absolute atomic E-state index is 11.0. The van der Waals surface area contributed by atoms with E-state index in [1.807, 2.05) is 0 Å². The minimum Gasteiger partial charge on any atom is -0.362 e. The Morgan fingerprint density at radius 3 is 2.23 bits per heavy atom. The van der Waals surface area contributed by atoms with Crippen LogP contribution in [0.4, 0.5) is 0 Å². The smallest absolute Gasteiger partial charge is 0.218 e. The van der Waals surface area contributed by atoms with Crippen LogP contribution in [0.1, 0.15) is 15.9 Å². The van der Waals surface area contributed by atoms with Gasteiger partial charge in [0.15, 0.2) is 0 Å². The number of carbonyl (C=O) groups is 1. The van der Waals surface area contributed by atoms with Crippen molar-refractivity contribution < 1.29 is 15.0 Å². The van der Waals surface area contributed by atoms with E-state index in [1.165, 1.54) is 12.1 Å². The summed E-state index contributed by atoms with van der Waals surface area (Å²) in [6.07, 6.45) is -0.293. The molecule has 0 amide bonds. The van der Waals surface area contributed by atoms with E-state index in [4.69, 9.17) is 10.2 Å². The molecule has 3 heteroatoms. The van der Waals surface area contributed by atoms with E-state index in [2.05, 4.69) is 6.58 Å². The molecule has 0 saturated carbocycles. The van der Waals surface area contributed by atoms with Crippen molar-refractivity contribution in [3.05, 3.63) is 42.0 Å². The molecule has 0 saturated heterocycles. The summed E-state index contributed by atoms with van der Waals surface area (Å²) in [7, 11) is 0. The number of benzene rings is 1. The fourth-order valence-corrected chi connectivity index (χ4v) is 0.933. The van der Waals surface area contributed by atoms with Gasteiger partial charge in [-0.15, -0.1) is 0 Å². The first-order chi connectivity index (χ1) is 6.15. The van der Waals surface area contributed by atoms with Crippen molar-refractivity contribution in [2.24, 2.45) is 0 Å². The van der Waals surface area contributed by atoms with E-state index in [9.17, 15) is 4.79 Å². The first-order valence-electron chi connectivity index (χ1n) is 3.78. The highest BCUT2D eigenvalue weighted by molar-refractivity contribution is 5.98. The van der Waals surface area contributed by atoms with Crippen molar-refractivity contribution in [2.45, 2.75) is 6.29 Å². The summed E-state index contributed by atoms with van der Waals surface area (Å²) >= 11 is 0. The molecular formula is C10H10O3. The molecule has 0 radical (unpaired) electrons. The molecule has 1 aromatic rings. The number of hydrogen-bond donors (Lipinski definition) is 2. The summed E-state index contributed by atoms with van der Waals surface area (Å²) < 4.78 is 0. The van der Waals surface area contributed by atoms with Crippen molar-refractivity contribution in [3.8, 4) is 0 Å². The lowest BCUT2D eigenvalue weighted by atomic mass is 10.1. The van der Waals surface area contributed by atoms with Crippen molar-refractivity contribution >= 4 is 11.9 Å². The Kier molecular flexibility index (Phi) is 2.95. The van der Waals surface area contributed by atoms with E-state index in [1.54, 1.807) is 18.2 Å². The molecule has 0 aromatic heterocycles. The number of ketones is 1. The fraction of sp³-hybridized carbons (Fsp3) is 0.100. The number of carbonyl (C=O) groups excluding carboxylic acids is 1. The Morgan fingerprint density at radius 2 is 1.85 bits per heavy atom. The molecule has 1 rings (SSSR count). The Labute approximate surface area is 76.0 Å². The third-order valence-corrected chi connectivity index (χ3v) is 1.67. The third kappa shape index (κ3) is 2.24. The average Bonchev–Trinajstić information content (AvgIpc) is 2.17. The maximum Gasteiger partial charge on any atom is 0.218 e. The lowest BCUT2D eigenvalue weighted by Gasteiger charge is -2.02. The summed E-state index contributed by atoms with van der Waals surface area (Å²) in [4.78, 5) is 11.0. The van der Waals surface area contributed by atoms with Crippen LogP contribution >= 0.6 is 0 Å². The average molecular weight is 178 g/mol. The topological polar surface area (TPSA) is 57.5 Å². The van der Waals surface area contributed by atoms with E-state index < -0.39 is 12.1 Å². The molecule has 0 aliphatic rings. The molecule has 0 aliphatic heterocycles. The van der Waals surface area contributed by atoms with Crippen LogP contribution < -0.4 is 0 Å². The molecule has 0 fully saturated rings. The standard InChI is InChI=1S/C10H10O3/c1-2-7-3-5-8(6-4-7)9(11)10(12)13/h2-6,10,12-13H,1H2. The van der Waals surface area contributed by atoms with Gasteiger partial charge in [0.2, 0.25) is 12.1 Å². The zero-order chi connectivity index (χ0) is 9.84. The summed E-state index contributed by atoms with van der Waals surface area (Å²) in [6.45, 7) is 3.56. The van der Waals surface area contributed by atoms with Crippen LogP contribution in [0.3, 0.4) is 0 Å². The number of Topliss-reactive ketones (excluding diaryl/α,β-unsaturated/α-hetero) is 1. The van der Waals surface area contributed by atoms with Crippen LogP contribution in [0.15, 0.2) is 30.8 Å². The summed E-state index contributed by atoms with van der Waals surface area (Å²) in [6, 6.07) is 6.42. The van der Waals surface area contributed by atoms with Gasteiger partial charge in [0.25, 0.3) is 0 Å². The van der Waals surface area contributed by atoms with E-state index in [0.29, 0.717) is 0 Å². The van der Waals surface area contributed by atoms with Crippen molar-refractivity contribution in [1.82, 2.24) is 0 Å². The summed E-state index contributed by atoms with van der Waals surface area (Å²) in [5.74, 6) is -0.699. The Morgan fingerprint density at radius 1 is 1.31 bits per heavy atom. The Bertz CT molecular complexity index is 311. The van der Waals surface area contributed by atoms with Crippen LogP contribution in [0.5, 0.6) is 0 Å². The second-order valence-corrected chi connectivity index (χ2v) is 2.56. The minimum atomic E-state index is -1.94. The van der Waals surface area contributed by atoms with Gasteiger partial charge in [0, 0.05) is 5.56 Å². The van der Waals surface area contributed by atoms with Gasteiger partial charge in [-0.3, -0.25) is 4.79 Å². The van der Waals surface area contributed by atoms with E-state index in [-0.39, 0.29) is 5.56 Å². The maximum atomic E-state index is 11.0. The van der Waals surface area contributed by atoms with E-state index in [0.717, 1.165) is 5.56 Å². The van der Waals surface area contributed by atoms with Crippen molar-refractivity contribution in [1.29, 1.82) is 0 Å². The van der Waals surface area contributed by atoms with Gasteiger partial charge in [-0.1, -0.05) is 36.9 Å². The second-order valence-electron chi connectivity index (χ2n) is 2.56. The van der Waals surface area contributed by atoms with Crippen LogP contribution in [0.2, 0.25) is 0 Å². The number of rotatable bonds is 3. The first kappa shape index (κ1) is 9.64. The molecule has 0 atom stereocenters. The molecule has 0 bridgehead atoms. The zero-order valence-corrected chi connectivity index (χ0v) is 6.97. The lowest BCUT2D eigenvalue weighted by molar-refractivity contribution is -0.0195. The van der Waals surface area contributed by atoms with Gasteiger partial charge in [-0.05, 0) is 5.56 Å². The summed E-state index contributed by atoms with van der Waals surface area (Å²) in [5, 5.41) is 17.2. The fourth-order valence-electron chi connectivity index (χ4n) is 0.933. The van der Waals surface area contributed by atoms with Crippen LogP contribution in [0, 0.1) is 0 Å². The van der Waals surface area contributed by atoms with Gasteiger partial charge in [0.05, 0.1) is 0 Å². The quantitative estimate of drug-likeness (QED) is 0.532. The molecule has 2 N–H and O–H groups in total. The van der Waals surface area contributed by atoms with Gasteiger partial charge in [-0.25, -0.2) is 0 Å². The normalized spacial score (nSPS) is 10.1. The second kappa shape index (κ2) is 3.98. The number of aliphatic hydroxyl groups is 2. The van der Waals surface area contributed by atoms with Crippen molar-refractivity contribution in [3.63, 3.8) is 0 Å². The third-order valence-electron chi connectivity index (χ3n) is 1.67. The lowest BCUT2D eigenvalue weighted by Crippen LogP contribution is -2.19. The number of aliphatic hydroxyl groups excluding tert-OH is 1. The Hall–Kier alpha value is -1.45. The van der Waals surface area contributed by atoms with Gasteiger partial charge in [0.1, 0.15) is 0 Å². The molecule has 0 unspecified atom stereocenters. The van der Waals surface area contributed by atoms with Crippen LogP contribution in [-0.4, -0.2) is 22.3 Å². The van der Waals surface area contributed by atoms with Gasteiger partial charge < -0.3 is 10.2 Å². The highest BCUT2D eigenvalue weighted by Gasteiger charge is 2.12. The molecule has 3 nitrogen and oxygen atoms in total. The largest absolute Gasteiger partial charge is 0.362 e. The molecule has 0 spiro atoms. The van der Waals surface area contributed by atoms with Gasteiger partial charge >= 0.3 is 0 Å². The first-order valence-corrected chi connectivity index (χ1v) is 3.78. The summed E-state index contributed by atoms with van der Waals surface area (Å²) in [5.41, 5.74) is 1.16. The number of hydrogen-bond acceptors (Lipinski definition) is 3. The predicted molar refractivity (Wildman–Crippen MR) is 49.1 cm³/mol. The van der Waals surface area contributed by atoms with Gasteiger partial charge in [-0.2, -0.15) is 0 Å².